The average molecular weight is 434 g/mol. The average Bonchev–Trinajstić information content (AvgIpc) is 3.31. The molecule has 2 aliphatic rings. The molecule has 0 radical (unpaired) electrons. The number of carbonyl (C=O) groups is 1. The molecular weight excluding hydrogens is 411 g/mol. The van der Waals surface area contributed by atoms with Gasteiger partial charge in [0.05, 0.1) is 23.5 Å². The standard InChI is InChI=1S/C23H23FN6O2/c24-17-5-2-1-4-15(17)13-29-11-7-18-16(14-29)22(31)28-21(27-18)20-6-3-10-30(20)23(32)19-12-25-8-9-26-19/h1-2,4-5,8-9,12,20H,3,6-7,10-11,13-14H2,(H,27,28,31)/t20-/m0/s1. The first-order valence-corrected chi connectivity index (χ1v) is 10.7. The summed E-state index contributed by atoms with van der Waals surface area (Å²) >= 11 is 0. The van der Waals surface area contributed by atoms with Crippen molar-refractivity contribution in [2.45, 2.75) is 38.4 Å². The molecule has 4 heterocycles. The maximum Gasteiger partial charge on any atom is 0.274 e. The van der Waals surface area contributed by atoms with Crippen LogP contribution in [0.25, 0.3) is 0 Å². The predicted octanol–water partition coefficient (Wildman–Crippen LogP) is 2.23. The van der Waals surface area contributed by atoms with Gasteiger partial charge in [0.1, 0.15) is 17.3 Å². The Kier molecular flexibility index (Phi) is 5.48. The molecule has 1 N–H and O–H groups in total. The second kappa shape index (κ2) is 8.58. The van der Waals surface area contributed by atoms with Crippen LogP contribution in [0.3, 0.4) is 0 Å². The number of benzene rings is 1. The Morgan fingerprint density at radius 1 is 1.22 bits per heavy atom. The van der Waals surface area contributed by atoms with Gasteiger partial charge in [0.2, 0.25) is 0 Å². The molecule has 5 rings (SSSR count). The van der Waals surface area contributed by atoms with Crippen molar-refractivity contribution >= 4 is 5.91 Å². The Balaban J connectivity index is 1.37. The summed E-state index contributed by atoms with van der Waals surface area (Å²) in [4.78, 5) is 45.4. The quantitative estimate of drug-likeness (QED) is 0.677. The van der Waals surface area contributed by atoms with E-state index in [0.717, 1.165) is 18.5 Å². The third-order valence-corrected chi connectivity index (χ3v) is 6.13. The lowest BCUT2D eigenvalue weighted by Gasteiger charge is -2.29. The summed E-state index contributed by atoms with van der Waals surface area (Å²) in [6, 6.07) is 6.40. The number of rotatable bonds is 4. The minimum Gasteiger partial charge on any atom is -0.327 e. The zero-order valence-corrected chi connectivity index (χ0v) is 17.5. The van der Waals surface area contributed by atoms with E-state index >= 15 is 0 Å². The highest BCUT2D eigenvalue weighted by Crippen LogP contribution is 2.31. The van der Waals surface area contributed by atoms with E-state index in [1.165, 1.54) is 24.7 Å². The number of halogens is 1. The number of fused-ring (bicyclic) bond motifs is 1. The van der Waals surface area contributed by atoms with Gasteiger partial charge in [-0.15, -0.1) is 0 Å². The number of H-pyrrole nitrogens is 1. The Labute approximate surface area is 184 Å². The SMILES string of the molecule is O=C(c1cnccn1)N1CCC[C@H]1c1nc2c(c(=O)[nH]1)CN(Cc1ccccc1F)CC2. The number of carbonyl (C=O) groups excluding carboxylic acids is 1. The van der Waals surface area contributed by atoms with Gasteiger partial charge in [0.25, 0.3) is 11.5 Å². The van der Waals surface area contributed by atoms with Crippen molar-refractivity contribution in [1.82, 2.24) is 29.7 Å². The smallest absolute Gasteiger partial charge is 0.274 e. The van der Waals surface area contributed by atoms with E-state index in [2.05, 4.69) is 19.9 Å². The number of nitrogens with one attached hydrogen (secondary N) is 1. The Hall–Kier alpha value is -3.46. The van der Waals surface area contributed by atoms with E-state index in [0.29, 0.717) is 49.6 Å². The van der Waals surface area contributed by atoms with Crippen LogP contribution in [0.2, 0.25) is 0 Å². The monoisotopic (exact) mass is 434 g/mol. The zero-order valence-electron chi connectivity index (χ0n) is 17.5. The second-order valence-corrected chi connectivity index (χ2v) is 8.18. The van der Waals surface area contributed by atoms with Gasteiger partial charge in [-0.3, -0.25) is 19.5 Å². The van der Waals surface area contributed by atoms with Gasteiger partial charge in [-0.2, -0.15) is 0 Å². The number of hydrogen-bond donors (Lipinski definition) is 1. The van der Waals surface area contributed by atoms with E-state index in [9.17, 15) is 14.0 Å². The Bertz CT molecular complexity index is 1200. The van der Waals surface area contributed by atoms with Gasteiger partial charge in [0.15, 0.2) is 0 Å². The molecule has 8 nitrogen and oxygen atoms in total. The zero-order chi connectivity index (χ0) is 22.1. The van der Waals surface area contributed by atoms with Crippen molar-refractivity contribution in [2.24, 2.45) is 0 Å². The number of hydrogen-bond acceptors (Lipinski definition) is 6. The summed E-state index contributed by atoms with van der Waals surface area (Å²) in [7, 11) is 0. The van der Waals surface area contributed by atoms with Crippen LogP contribution in [0, 0.1) is 5.82 Å². The van der Waals surface area contributed by atoms with Crippen LogP contribution in [0.15, 0.2) is 47.7 Å². The maximum absolute atomic E-state index is 14.0. The number of nitrogens with zero attached hydrogens (tertiary/aromatic N) is 5. The molecule has 0 unspecified atom stereocenters. The molecular formula is C23H23FN6O2. The van der Waals surface area contributed by atoms with Crippen molar-refractivity contribution in [3.63, 3.8) is 0 Å². The van der Waals surface area contributed by atoms with Crippen molar-refractivity contribution in [3.8, 4) is 0 Å². The van der Waals surface area contributed by atoms with Crippen LogP contribution in [0.4, 0.5) is 4.39 Å². The lowest BCUT2D eigenvalue weighted by Crippen LogP contribution is -2.38. The topological polar surface area (TPSA) is 95.1 Å². The molecule has 1 saturated heterocycles. The molecule has 0 aliphatic carbocycles. The number of likely N-dealkylation sites (tertiary alicyclic amines) is 1. The van der Waals surface area contributed by atoms with E-state index in [-0.39, 0.29) is 29.0 Å². The van der Waals surface area contributed by atoms with Crippen LogP contribution in [-0.4, -0.2) is 48.7 Å². The largest absolute Gasteiger partial charge is 0.327 e. The molecule has 0 bridgehead atoms. The molecule has 1 atom stereocenters. The lowest BCUT2D eigenvalue weighted by atomic mass is 10.0. The van der Waals surface area contributed by atoms with Gasteiger partial charge < -0.3 is 9.88 Å². The second-order valence-electron chi connectivity index (χ2n) is 8.18. The molecule has 1 aromatic carbocycles. The van der Waals surface area contributed by atoms with Crippen molar-refractivity contribution in [2.75, 3.05) is 13.1 Å². The normalized spacial score (nSPS) is 18.5. The highest BCUT2D eigenvalue weighted by atomic mass is 19.1. The summed E-state index contributed by atoms with van der Waals surface area (Å²) in [5.41, 5.74) is 2.07. The summed E-state index contributed by atoms with van der Waals surface area (Å²) in [5, 5.41) is 0. The summed E-state index contributed by atoms with van der Waals surface area (Å²) in [5.74, 6) is 0.0675. The fraction of sp³-hybridized carbons (Fsp3) is 0.348. The minimum absolute atomic E-state index is 0.193. The fourth-order valence-electron chi connectivity index (χ4n) is 4.51. The van der Waals surface area contributed by atoms with Crippen molar-refractivity contribution in [3.05, 3.63) is 87.4 Å². The highest BCUT2D eigenvalue weighted by molar-refractivity contribution is 5.92. The number of aromatic amines is 1. The van der Waals surface area contributed by atoms with E-state index in [4.69, 9.17) is 4.98 Å². The van der Waals surface area contributed by atoms with Crippen LogP contribution in [0.1, 0.15) is 52.0 Å². The number of aromatic nitrogens is 4. The molecule has 32 heavy (non-hydrogen) atoms. The molecule has 3 aromatic rings. The molecule has 2 aliphatic heterocycles. The van der Waals surface area contributed by atoms with Gasteiger partial charge in [-0.1, -0.05) is 18.2 Å². The summed E-state index contributed by atoms with van der Waals surface area (Å²) < 4.78 is 14.0. The summed E-state index contributed by atoms with van der Waals surface area (Å²) in [6.45, 7) is 2.12. The molecule has 1 amide bonds. The Morgan fingerprint density at radius 3 is 2.91 bits per heavy atom. The van der Waals surface area contributed by atoms with E-state index in [1.807, 2.05) is 6.07 Å². The van der Waals surface area contributed by atoms with E-state index in [1.54, 1.807) is 17.0 Å². The van der Waals surface area contributed by atoms with Gasteiger partial charge >= 0.3 is 0 Å². The third kappa shape index (κ3) is 3.91. The van der Waals surface area contributed by atoms with Crippen molar-refractivity contribution < 1.29 is 9.18 Å². The number of amides is 1. The maximum atomic E-state index is 14.0. The van der Waals surface area contributed by atoms with Gasteiger partial charge in [-0.05, 0) is 18.9 Å². The Morgan fingerprint density at radius 2 is 2.09 bits per heavy atom. The van der Waals surface area contributed by atoms with Crippen LogP contribution in [-0.2, 0) is 19.5 Å². The highest BCUT2D eigenvalue weighted by Gasteiger charge is 2.34. The first kappa shape index (κ1) is 20.4. The molecule has 2 aromatic heterocycles. The fourth-order valence-corrected chi connectivity index (χ4v) is 4.51. The van der Waals surface area contributed by atoms with Crippen LogP contribution >= 0.6 is 0 Å². The van der Waals surface area contributed by atoms with Gasteiger partial charge in [0, 0.05) is 50.6 Å². The summed E-state index contributed by atoms with van der Waals surface area (Å²) in [6.07, 6.45) is 6.62. The minimum atomic E-state index is -0.293. The molecule has 1 fully saturated rings. The van der Waals surface area contributed by atoms with Crippen LogP contribution in [0.5, 0.6) is 0 Å². The van der Waals surface area contributed by atoms with Crippen molar-refractivity contribution in [1.29, 1.82) is 0 Å². The molecule has 0 spiro atoms. The molecule has 164 valence electrons. The first-order chi connectivity index (χ1) is 15.6. The predicted molar refractivity (Wildman–Crippen MR) is 114 cm³/mol. The molecule has 9 heteroatoms. The lowest BCUT2D eigenvalue weighted by molar-refractivity contribution is 0.0722. The van der Waals surface area contributed by atoms with Crippen LogP contribution < -0.4 is 5.56 Å². The first-order valence-electron chi connectivity index (χ1n) is 10.7. The third-order valence-electron chi connectivity index (χ3n) is 6.13. The van der Waals surface area contributed by atoms with Gasteiger partial charge in [-0.25, -0.2) is 14.4 Å². The van der Waals surface area contributed by atoms with E-state index < -0.39 is 0 Å². The molecule has 0 saturated carbocycles.